The van der Waals surface area contributed by atoms with Crippen molar-refractivity contribution in [3.8, 4) is 0 Å². The summed E-state index contributed by atoms with van der Waals surface area (Å²) in [5.41, 5.74) is 0.763. The van der Waals surface area contributed by atoms with Crippen molar-refractivity contribution < 1.29 is 4.79 Å². The Morgan fingerprint density at radius 1 is 1.07 bits per heavy atom. The Morgan fingerprint density at radius 3 is 2.69 bits per heavy atom. The highest BCUT2D eigenvalue weighted by molar-refractivity contribution is 5.79. The van der Waals surface area contributed by atoms with E-state index in [0.29, 0.717) is 17.4 Å². The lowest BCUT2D eigenvalue weighted by Gasteiger charge is -2.30. The quantitative estimate of drug-likeness (QED) is 0.739. The molecule has 7 nitrogen and oxygen atoms in total. The summed E-state index contributed by atoms with van der Waals surface area (Å²) in [5.74, 6) is 0.0240. The summed E-state index contributed by atoms with van der Waals surface area (Å²) < 4.78 is 1.48. The second-order valence-electron chi connectivity index (χ2n) is 7.41. The molecule has 1 aliphatic rings. The Balaban J connectivity index is 1.58. The van der Waals surface area contributed by atoms with E-state index < -0.39 is 11.2 Å². The molecule has 1 unspecified atom stereocenters. The van der Waals surface area contributed by atoms with Gasteiger partial charge in [-0.05, 0) is 42.7 Å². The van der Waals surface area contributed by atoms with Gasteiger partial charge in [0.25, 0.3) is 5.56 Å². The van der Waals surface area contributed by atoms with Crippen LogP contribution in [-0.2, 0) is 11.3 Å². The average molecular weight is 392 g/mol. The molecule has 1 atom stereocenters. The first-order valence-electron chi connectivity index (χ1n) is 10.1. The van der Waals surface area contributed by atoms with Gasteiger partial charge < -0.3 is 4.90 Å². The second kappa shape index (κ2) is 8.43. The molecule has 0 radical (unpaired) electrons. The van der Waals surface area contributed by atoms with Crippen LogP contribution < -0.4 is 11.2 Å². The van der Waals surface area contributed by atoms with Gasteiger partial charge in [0.05, 0.1) is 16.9 Å². The molecule has 4 rings (SSSR count). The molecule has 1 aromatic carbocycles. The first-order chi connectivity index (χ1) is 14.1. The molecule has 0 saturated carbocycles. The zero-order valence-electron chi connectivity index (χ0n) is 16.2. The fourth-order valence-electron chi connectivity index (χ4n) is 4.15. The molecule has 7 heteroatoms. The van der Waals surface area contributed by atoms with Gasteiger partial charge in [-0.3, -0.25) is 24.1 Å². The highest BCUT2D eigenvalue weighted by atomic mass is 16.2. The highest BCUT2D eigenvalue weighted by Gasteiger charge is 2.26. The third kappa shape index (κ3) is 3.99. The Bertz CT molecular complexity index is 1120. The molecule has 1 aliphatic heterocycles. The maximum absolute atomic E-state index is 13.1. The first-order valence-corrected chi connectivity index (χ1v) is 10.1. The van der Waals surface area contributed by atoms with Crippen LogP contribution in [0.15, 0.2) is 58.4 Å². The number of fused-ring (bicyclic) bond motifs is 1. The number of benzene rings is 1. The molecule has 29 heavy (non-hydrogen) atoms. The number of likely N-dealkylation sites (tertiary alicyclic amines) is 1. The van der Waals surface area contributed by atoms with Crippen molar-refractivity contribution in [1.82, 2.24) is 19.4 Å². The number of amides is 1. The fourth-order valence-corrected chi connectivity index (χ4v) is 4.15. The number of H-pyrrole nitrogens is 1. The Labute approximate surface area is 168 Å². The maximum atomic E-state index is 13.1. The molecule has 3 aromatic rings. The van der Waals surface area contributed by atoms with Crippen LogP contribution in [0.3, 0.4) is 0 Å². The second-order valence-corrected chi connectivity index (χ2v) is 7.41. The van der Waals surface area contributed by atoms with Gasteiger partial charge in [0.1, 0.15) is 0 Å². The van der Waals surface area contributed by atoms with E-state index >= 15 is 0 Å². The van der Waals surface area contributed by atoms with Crippen LogP contribution in [0, 0.1) is 0 Å². The van der Waals surface area contributed by atoms with Crippen LogP contribution in [0.1, 0.15) is 43.7 Å². The van der Waals surface area contributed by atoms with E-state index in [0.717, 1.165) is 31.2 Å². The number of nitrogens with one attached hydrogen (secondary N) is 1. The average Bonchev–Trinajstić information content (AvgIpc) is 3.00. The van der Waals surface area contributed by atoms with Gasteiger partial charge in [0, 0.05) is 31.9 Å². The van der Waals surface area contributed by atoms with Crippen molar-refractivity contribution in [2.45, 2.75) is 44.7 Å². The van der Waals surface area contributed by atoms with E-state index in [1.54, 1.807) is 36.7 Å². The SMILES string of the molecule is O=C(CCn1c(=O)[nH]c(=O)c2ccccc21)N1CCCCCC1c1ccncc1. The summed E-state index contributed by atoms with van der Waals surface area (Å²) in [6.07, 6.45) is 7.82. The predicted octanol–water partition coefficient (Wildman–Crippen LogP) is 2.62. The van der Waals surface area contributed by atoms with Crippen molar-refractivity contribution in [1.29, 1.82) is 0 Å². The molecule has 0 spiro atoms. The van der Waals surface area contributed by atoms with Crippen LogP contribution in [0.5, 0.6) is 0 Å². The lowest BCUT2D eigenvalue weighted by Crippen LogP contribution is -2.37. The normalized spacial score (nSPS) is 17.2. The van der Waals surface area contributed by atoms with Crippen molar-refractivity contribution in [3.05, 3.63) is 75.2 Å². The van der Waals surface area contributed by atoms with Gasteiger partial charge in [-0.2, -0.15) is 0 Å². The molecule has 0 aliphatic carbocycles. The third-order valence-electron chi connectivity index (χ3n) is 5.62. The van der Waals surface area contributed by atoms with Crippen molar-refractivity contribution in [2.24, 2.45) is 0 Å². The summed E-state index contributed by atoms with van der Waals surface area (Å²) in [6, 6.07) is 10.9. The summed E-state index contributed by atoms with van der Waals surface area (Å²) in [7, 11) is 0. The van der Waals surface area contributed by atoms with Crippen LogP contribution >= 0.6 is 0 Å². The topological polar surface area (TPSA) is 88.1 Å². The lowest BCUT2D eigenvalue weighted by molar-refractivity contribution is -0.133. The number of para-hydroxylation sites is 1. The number of pyridine rings is 1. The molecule has 1 saturated heterocycles. The number of hydrogen-bond acceptors (Lipinski definition) is 4. The van der Waals surface area contributed by atoms with Crippen molar-refractivity contribution in [3.63, 3.8) is 0 Å². The number of aryl methyl sites for hydroxylation is 1. The maximum Gasteiger partial charge on any atom is 0.328 e. The number of nitrogens with zero attached hydrogens (tertiary/aromatic N) is 3. The van der Waals surface area contributed by atoms with E-state index in [4.69, 9.17) is 0 Å². The van der Waals surface area contributed by atoms with Gasteiger partial charge in [-0.25, -0.2) is 4.79 Å². The van der Waals surface area contributed by atoms with E-state index in [1.165, 1.54) is 4.57 Å². The Morgan fingerprint density at radius 2 is 1.86 bits per heavy atom. The zero-order valence-corrected chi connectivity index (χ0v) is 16.2. The number of aromatic nitrogens is 3. The Hall–Kier alpha value is -3.22. The molecular weight excluding hydrogens is 368 g/mol. The third-order valence-corrected chi connectivity index (χ3v) is 5.62. The largest absolute Gasteiger partial charge is 0.336 e. The summed E-state index contributed by atoms with van der Waals surface area (Å²) in [5, 5.41) is 0.448. The van der Waals surface area contributed by atoms with Gasteiger partial charge in [0.2, 0.25) is 5.91 Å². The molecule has 1 N–H and O–H groups in total. The Kier molecular flexibility index (Phi) is 5.55. The molecular formula is C22H24N4O3. The monoisotopic (exact) mass is 392 g/mol. The van der Waals surface area contributed by atoms with Gasteiger partial charge in [-0.1, -0.05) is 25.0 Å². The van der Waals surface area contributed by atoms with Crippen LogP contribution in [-0.4, -0.2) is 31.9 Å². The number of aromatic amines is 1. The zero-order chi connectivity index (χ0) is 20.2. The number of hydrogen-bond donors (Lipinski definition) is 1. The molecule has 3 heterocycles. The van der Waals surface area contributed by atoms with Crippen LogP contribution in [0.2, 0.25) is 0 Å². The van der Waals surface area contributed by atoms with E-state index in [1.807, 2.05) is 17.0 Å². The first kappa shape index (κ1) is 19.1. The summed E-state index contributed by atoms with van der Waals surface area (Å²) >= 11 is 0. The molecule has 1 fully saturated rings. The number of carbonyl (C=O) groups excluding carboxylic acids is 1. The smallest absolute Gasteiger partial charge is 0.328 e. The minimum Gasteiger partial charge on any atom is -0.336 e. The van der Waals surface area contributed by atoms with Gasteiger partial charge in [-0.15, -0.1) is 0 Å². The van der Waals surface area contributed by atoms with Crippen LogP contribution in [0.4, 0.5) is 0 Å². The number of rotatable bonds is 4. The summed E-state index contributed by atoms with van der Waals surface area (Å²) in [4.78, 5) is 45.9. The van der Waals surface area contributed by atoms with Crippen LogP contribution in [0.25, 0.3) is 10.9 Å². The molecule has 2 aromatic heterocycles. The fraction of sp³-hybridized carbons (Fsp3) is 0.364. The van der Waals surface area contributed by atoms with E-state index in [-0.39, 0.29) is 24.9 Å². The minimum atomic E-state index is -0.483. The van der Waals surface area contributed by atoms with Gasteiger partial charge in [0.15, 0.2) is 0 Å². The molecule has 1 amide bonds. The van der Waals surface area contributed by atoms with Crippen molar-refractivity contribution >= 4 is 16.8 Å². The highest BCUT2D eigenvalue weighted by Crippen LogP contribution is 2.30. The molecule has 0 bridgehead atoms. The lowest BCUT2D eigenvalue weighted by atomic mass is 10.0. The minimum absolute atomic E-state index is 0.0240. The molecule has 150 valence electrons. The standard InChI is InChI=1S/C22H24N4O3/c27-20(25-14-5-1-2-7-18(25)16-9-12-23-13-10-16)11-15-26-19-8-4-3-6-17(19)21(28)24-22(26)29/h3-4,6,8-10,12-13,18H,1-2,5,7,11,14-15H2,(H,24,28,29). The predicted molar refractivity (Wildman–Crippen MR) is 111 cm³/mol. The number of carbonyl (C=O) groups is 1. The summed E-state index contributed by atoms with van der Waals surface area (Å²) in [6.45, 7) is 0.946. The van der Waals surface area contributed by atoms with E-state index in [2.05, 4.69) is 9.97 Å². The van der Waals surface area contributed by atoms with Gasteiger partial charge >= 0.3 is 5.69 Å². The van der Waals surface area contributed by atoms with E-state index in [9.17, 15) is 14.4 Å². The van der Waals surface area contributed by atoms with Crippen molar-refractivity contribution in [2.75, 3.05) is 6.54 Å².